The molecule has 166 valence electrons. The third kappa shape index (κ3) is 3.84. The van der Waals surface area contributed by atoms with Gasteiger partial charge in [0.2, 0.25) is 0 Å². The summed E-state index contributed by atoms with van der Waals surface area (Å²) < 4.78 is 18.9. The lowest BCUT2D eigenvalue weighted by atomic mass is 9.99. The van der Waals surface area contributed by atoms with Crippen LogP contribution in [0.25, 0.3) is 0 Å². The Hall–Kier alpha value is -2.75. The molecule has 0 bridgehead atoms. The first-order chi connectivity index (χ1) is 15.0. The number of hydrazine groups is 1. The monoisotopic (exact) mass is 430 g/mol. The first-order valence-electron chi connectivity index (χ1n) is 10.3. The van der Waals surface area contributed by atoms with Crippen molar-refractivity contribution in [3.63, 3.8) is 0 Å². The molecule has 31 heavy (non-hydrogen) atoms. The van der Waals surface area contributed by atoms with Gasteiger partial charge in [-0.25, -0.2) is 9.40 Å². The van der Waals surface area contributed by atoms with Gasteiger partial charge in [0.15, 0.2) is 6.23 Å². The molecule has 1 N–H and O–H groups in total. The van der Waals surface area contributed by atoms with Crippen LogP contribution in [0.5, 0.6) is 0 Å². The molecule has 2 unspecified atom stereocenters. The molecule has 1 aromatic carbocycles. The van der Waals surface area contributed by atoms with E-state index in [1.165, 1.54) is 4.90 Å². The molecule has 3 aliphatic heterocycles. The number of carbonyl (C=O) groups is 2. The molecule has 0 aromatic heterocycles. The summed E-state index contributed by atoms with van der Waals surface area (Å²) in [5, 5.41) is 14.3. The SMILES string of the molecule is COCCN1CCC2C(=CN(C/C(=C/F)CN3C(=O)c4ccccc4C3O)N2C)C1=O. The predicted octanol–water partition coefficient (Wildman–Crippen LogP) is 1.28. The van der Waals surface area contributed by atoms with Gasteiger partial charge in [-0.2, -0.15) is 0 Å². The van der Waals surface area contributed by atoms with Crippen LogP contribution in [-0.4, -0.2) is 89.7 Å². The van der Waals surface area contributed by atoms with Crippen molar-refractivity contribution in [3.05, 3.63) is 59.1 Å². The molecule has 0 spiro atoms. The summed E-state index contributed by atoms with van der Waals surface area (Å²) in [6.07, 6.45) is 1.91. The van der Waals surface area contributed by atoms with Crippen molar-refractivity contribution < 1.29 is 23.8 Å². The number of hydrogen-bond donors (Lipinski definition) is 1. The number of amides is 2. The number of piperidine rings is 1. The van der Waals surface area contributed by atoms with Gasteiger partial charge in [-0.1, -0.05) is 18.2 Å². The standard InChI is InChI=1S/C22H27FN4O4/c1-24-19-7-8-25(9-10-31-2)20(28)18(19)14-26(24)12-15(11-23)13-27-21(29)16-5-3-4-6-17(16)22(27)30/h3-6,11,14,19,21,29H,7-10,12-13H2,1-2H3/b15-11-. The van der Waals surface area contributed by atoms with Crippen LogP contribution in [0.4, 0.5) is 4.39 Å². The zero-order valence-electron chi connectivity index (χ0n) is 17.7. The molecule has 0 aliphatic carbocycles. The van der Waals surface area contributed by atoms with Crippen LogP contribution in [0.3, 0.4) is 0 Å². The Morgan fingerprint density at radius 2 is 2.03 bits per heavy atom. The largest absolute Gasteiger partial charge is 0.383 e. The first kappa shape index (κ1) is 21.5. The number of fused-ring (bicyclic) bond motifs is 2. The van der Waals surface area contributed by atoms with Gasteiger partial charge >= 0.3 is 0 Å². The molecule has 3 aliphatic rings. The summed E-state index contributed by atoms with van der Waals surface area (Å²) in [6, 6.07) is 6.78. The smallest absolute Gasteiger partial charge is 0.256 e. The van der Waals surface area contributed by atoms with Gasteiger partial charge in [0.1, 0.15) is 0 Å². The number of likely N-dealkylation sites (tertiary alicyclic amines) is 1. The Bertz CT molecular complexity index is 934. The van der Waals surface area contributed by atoms with Crippen LogP contribution in [0.1, 0.15) is 28.6 Å². The maximum atomic E-state index is 13.8. The van der Waals surface area contributed by atoms with Gasteiger partial charge in [0.25, 0.3) is 11.8 Å². The Balaban J connectivity index is 1.45. The first-order valence-corrected chi connectivity index (χ1v) is 10.3. The average molecular weight is 430 g/mol. The van der Waals surface area contributed by atoms with Crippen molar-refractivity contribution >= 4 is 11.8 Å². The number of methoxy groups -OCH3 is 1. The highest BCUT2D eigenvalue weighted by Gasteiger charge is 2.40. The molecule has 1 fully saturated rings. The third-order valence-corrected chi connectivity index (χ3v) is 6.19. The van der Waals surface area contributed by atoms with Crippen molar-refractivity contribution in [2.75, 3.05) is 46.9 Å². The van der Waals surface area contributed by atoms with E-state index in [1.807, 2.05) is 12.1 Å². The van der Waals surface area contributed by atoms with Crippen molar-refractivity contribution in [2.45, 2.75) is 18.7 Å². The number of rotatable bonds is 7. The average Bonchev–Trinajstić information content (AvgIpc) is 3.22. The number of benzene rings is 1. The number of carbonyl (C=O) groups excluding carboxylic acids is 2. The molecule has 2 amide bonds. The van der Waals surface area contributed by atoms with Crippen molar-refractivity contribution in [1.29, 1.82) is 0 Å². The predicted molar refractivity (Wildman–Crippen MR) is 111 cm³/mol. The van der Waals surface area contributed by atoms with Crippen molar-refractivity contribution in [1.82, 2.24) is 19.8 Å². The molecule has 0 saturated carbocycles. The summed E-state index contributed by atoms with van der Waals surface area (Å²) in [6.45, 7) is 1.78. The van der Waals surface area contributed by atoms with E-state index in [-0.39, 0.29) is 30.9 Å². The number of nitrogens with zero attached hydrogens (tertiary/aromatic N) is 4. The highest BCUT2D eigenvalue weighted by molar-refractivity contribution is 5.99. The molecule has 3 heterocycles. The lowest BCUT2D eigenvalue weighted by Gasteiger charge is -2.36. The van der Waals surface area contributed by atoms with Crippen LogP contribution < -0.4 is 0 Å². The molecule has 8 nitrogen and oxygen atoms in total. The molecule has 1 saturated heterocycles. The molecule has 4 rings (SSSR count). The van der Waals surface area contributed by atoms with E-state index in [0.717, 1.165) is 6.42 Å². The van der Waals surface area contributed by atoms with Crippen molar-refractivity contribution in [2.24, 2.45) is 0 Å². The number of hydrogen-bond acceptors (Lipinski definition) is 6. The summed E-state index contributed by atoms with van der Waals surface area (Å²) in [4.78, 5) is 28.5. The van der Waals surface area contributed by atoms with Gasteiger partial charge in [-0.15, -0.1) is 0 Å². The Morgan fingerprint density at radius 3 is 2.74 bits per heavy atom. The third-order valence-electron chi connectivity index (χ3n) is 6.19. The topological polar surface area (TPSA) is 76.6 Å². The quantitative estimate of drug-likeness (QED) is 0.703. The van der Waals surface area contributed by atoms with Crippen molar-refractivity contribution in [3.8, 4) is 0 Å². The Kier molecular flexibility index (Phi) is 6.08. The van der Waals surface area contributed by atoms with Gasteiger partial charge in [0.05, 0.1) is 31.1 Å². The summed E-state index contributed by atoms with van der Waals surface area (Å²) in [5.74, 6) is -0.359. The Morgan fingerprint density at radius 1 is 1.26 bits per heavy atom. The summed E-state index contributed by atoms with van der Waals surface area (Å²) in [5.41, 5.74) is 1.96. The van der Waals surface area contributed by atoms with E-state index in [0.29, 0.717) is 48.3 Å². The van der Waals surface area contributed by atoms with Gasteiger partial charge < -0.3 is 24.7 Å². The lowest BCUT2D eigenvalue weighted by molar-refractivity contribution is -0.130. The van der Waals surface area contributed by atoms with E-state index >= 15 is 0 Å². The second-order valence-corrected chi connectivity index (χ2v) is 8.01. The molecule has 1 aromatic rings. The number of halogens is 1. The van der Waals surface area contributed by atoms with Crippen LogP contribution in [0.15, 0.2) is 47.9 Å². The zero-order valence-corrected chi connectivity index (χ0v) is 17.7. The van der Waals surface area contributed by atoms with Crippen LogP contribution >= 0.6 is 0 Å². The van der Waals surface area contributed by atoms with Gasteiger partial charge in [-0.05, 0) is 18.1 Å². The van der Waals surface area contributed by atoms with E-state index in [4.69, 9.17) is 4.74 Å². The van der Waals surface area contributed by atoms with Crippen LogP contribution in [0, 0.1) is 0 Å². The minimum atomic E-state index is -1.10. The lowest BCUT2D eigenvalue weighted by Crippen LogP contribution is -2.48. The number of aliphatic hydroxyl groups excluding tert-OH is 1. The Labute approximate surface area is 180 Å². The maximum absolute atomic E-state index is 13.8. The number of ether oxygens (including phenoxy) is 1. The molecule has 9 heteroatoms. The van der Waals surface area contributed by atoms with Crippen LogP contribution in [0.2, 0.25) is 0 Å². The molecular weight excluding hydrogens is 403 g/mol. The van der Waals surface area contributed by atoms with Crippen LogP contribution in [-0.2, 0) is 9.53 Å². The molecule has 2 atom stereocenters. The fraction of sp³-hybridized carbons (Fsp3) is 0.455. The number of aliphatic hydroxyl groups is 1. The fourth-order valence-corrected chi connectivity index (χ4v) is 4.45. The highest BCUT2D eigenvalue weighted by Crippen LogP contribution is 2.33. The summed E-state index contributed by atoms with van der Waals surface area (Å²) in [7, 11) is 3.47. The fourth-order valence-electron chi connectivity index (χ4n) is 4.45. The maximum Gasteiger partial charge on any atom is 0.256 e. The summed E-state index contributed by atoms with van der Waals surface area (Å²) >= 11 is 0. The minimum Gasteiger partial charge on any atom is -0.383 e. The highest BCUT2D eigenvalue weighted by atomic mass is 19.1. The normalized spacial score (nSPS) is 24.1. The van der Waals surface area contributed by atoms with Gasteiger partial charge in [0, 0.05) is 51.1 Å². The van der Waals surface area contributed by atoms with E-state index in [1.54, 1.807) is 47.5 Å². The number of likely N-dealkylation sites (N-methyl/N-ethyl adjacent to an activating group) is 1. The second kappa shape index (κ2) is 8.78. The van der Waals surface area contributed by atoms with E-state index < -0.39 is 6.23 Å². The molecular formula is C22H27FN4O4. The molecule has 0 radical (unpaired) electrons. The van der Waals surface area contributed by atoms with Gasteiger partial charge in [-0.3, -0.25) is 9.59 Å². The van der Waals surface area contributed by atoms with E-state index in [2.05, 4.69) is 0 Å². The second-order valence-electron chi connectivity index (χ2n) is 8.01. The zero-order chi connectivity index (χ0) is 22.1. The minimum absolute atomic E-state index is 0.0333. The van der Waals surface area contributed by atoms with E-state index in [9.17, 15) is 19.1 Å².